The van der Waals surface area contributed by atoms with Crippen LogP contribution in [-0.2, 0) is 11.8 Å². The molecule has 57 heavy (non-hydrogen) atoms. The van der Waals surface area contributed by atoms with Gasteiger partial charge in [-0.25, -0.2) is 0 Å². The van der Waals surface area contributed by atoms with Crippen molar-refractivity contribution in [3.05, 3.63) is 235 Å². The molecule has 0 N–H and O–H groups in total. The van der Waals surface area contributed by atoms with Crippen LogP contribution in [0, 0.1) is 0 Å². The third-order valence-corrected chi connectivity index (χ3v) is 11.8. The van der Waals surface area contributed by atoms with E-state index in [1.54, 1.807) is 0 Å². The number of hydrogen-bond acceptors (Lipinski definition) is 2. The minimum absolute atomic E-state index is 0.339. The van der Waals surface area contributed by atoms with Crippen LogP contribution in [0.25, 0.3) is 38.7 Å². The van der Waals surface area contributed by atoms with Crippen molar-refractivity contribution >= 4 is 61.7 Å². The van der Waals surface area contributed by atoms with E-state index in [2.05, 4.69) is 230 Å². The van der Waals surface area contributed by atoms with Gasteiger partial charge in [-0.15, -0.1) is 0 Å². The van der Waals surface area contributed by atoms with Gasteiger partial charge in [0.2, 0.25) is 0 Å². The van der Waals surface area contributed by atoms with Gasteiger partial charge in [0.1, 0.15) is 0 Å². The van der Waals surface area contributed by atoms with Crippen molar-refractivity contribution in [3.63, 3.8) is 0 Å². The fraction of sp³-hybridized carbons (Fsp3) is 0.0545. The highest BCUT2D eigenvalue weighted by molar-refractivity contribution is 6.01. The average molecular weight is 731 g/mol. The van der Waals surface area contributed by atoms with E-state index in [9.17, 15) is 0 Å². The first kappa shape index (κ1) is 34.3. The summed E-state index contributed by atoms with van der Waals surface area (Å²) in [4.78, 5) is 4.85. The molecule has 0 radical (unpaired) electrons. The maximum atomic E-state index is 4.02. The van der Waals surface area contributed by atoms with Gasteiger partial charge in [0.25, 0.3) is 0 Å². The predicted molar refractivity (Wildman–Crippen MR) is 243 cm³/mol. The molecule has 2 nitrogen and oxygen atoms in total. The fourth-order valence-electron chi connectivity index (χ4n) is 9.06. The lowest BCUT2D eigenvalue weighted by Crippen LogP contribution is -2.25. The molecule has 1 aliphatic carbocycles. The Morgan fingerprint density at radius 2 is 0.877 bits per heavy atom. The van der Waals surface area contributed by atoms with Crippen LogP contribution in [0.1, 0.15) is 29.2 Å². The fourth-order valence-corrected chi connectivity index (χ4v) is 9.06. The van der Waals surface area contributed by atoms with Gasteiger partial charge in [-0.05, 0) is 111 Å². The zero-order valence-electron chi connectivity index (χ0n) is 32.0. The predicted octanol–water partition coefficient (Wildman–Crippen LogP) is 15.1. The van der Waals surface area contributed by atoms with E-state index in [1.165, 1.54) is 49.4 Å². The molecule has 0 amide bonds. The normalized spacial score (nSPS) is 12.6. The summed E-state index contributed by atoms with van der Waals surface area (Å²) < 4.78 is 0. The van der Waals surface area contributed by atoms with Crippen molar-refractivity contribution in [2.24, 2.45) is 0 Å². The zero-order valence-corrected chi connectivity index (χ0v) is 32.0. The highest BCUT2D eigenvalue weighted by Crippen LogP contribution is 2.54. The first-order valence-electron chi connectivity index (χ1n) is 19.8. The Morgan fingerprint density at radius 1 is 0.439 bits per heavy atom. The Kier molecular flexibility index (Phi) is 8.53. The molecule has 0 fully saturated rings. The van der Waals surface area contributed by atoms with E-state index in [1.807, 2.05) is 6.08 Å². The number of rotatable bonds is 9. The highest BCUT2D eigenvalue weighted by Gasteiger charge is 2.40. The van der Waals surface area contributed by atoms with Gasteiger partial charge in [0.15, 0.2) is 0 Å². The Labute approximate surface area is 335 Å². The second kappa shape index (κ2) is 14.2. The van der Waals surface area contributed by atoms with Crippen molar-refractivity contribution in [1.29, 1.82) is 0 Å². The van der Waals surface area contributed by atoms with E-state index >= 15 is 0 Å². The molecule has 0 saturated carbocycles. The lowest BCUT2D eigenvalue weighted by atomic mass is 9.75. The van der Waals surface area contributed by atoms with E-state index in [4.69, 9.17) is 0 Å². The Bertz CT molecular complexity index is 2730. The van der Waals surface area contributed by atoms with Crippen LogP contribution in [-0.4, -0.2) is 0 Å². The van der Waals surface area contributed by atoms with Crippen LogP contribution in [0.5, 0.6) is 0 Å². The smallest absolute Gasteiger partial charge is 0.0540 e. The summed E-state index contributed by atoms with van der Waals surface area (Å²) in [6.45, 7) is 6.46. The van der Waals surface area contributed by atoms with Crippen molar-refractivity contribution in [3.8, 4) is 11.1 Å². The van der Waals surface area contributed by atoms with Gasteiger partial charge in [0.05, 0.1) is 11.4 Å². The monoisotopic (exact) mass is 730 g/mol. The molecular weight excluding hydrogens is 689 g/mol. The molecule has 0 spiro atoms. The second-order valence-corrected chi connectivity index (χ2v) is 15.3. The Morgan fingerprint density at radius 3 is 1.35 bits per heavy atom. The lowest BCUT2D eigenvalue weighted by Gasteiger charge is -2.32. The topological polar surface area (TPSA) is 6.48 Å². The quantitative estimate of drug-likeness (QED) is 0.146. The standard InChI is InChI=1S/C55H42N2/c1-3-39-28-30-40(31-29-39)38-55(2)51-36-45(56(43-20-6-4-7-21-43)53-26-14-18-41-16-10-12-24-47(41)53)32-34-49(51)50-35-33-46(37-52(50)55)57(44-22-8-5-9-23-44)54-27-15-19-42-17-11-13-25-48(42)54/h3-37H,1,38H2,2H3. The minimum Gasteiger partial charge on any atom is -0.310 e. The molecule has 0 saturated heterocycles. The molecular formula is C55H42N2. The maximum absolute atomic E-state index is 4.02. The largest absolute Gasteiger partial charge is 0.310 e. The summed E-state index contributed by atoms with van der Waals surface area (Å²) in [5.41, 5.74) is 14.2. The molecule has 2 heteroatoms. The average Bonchev–Trinajstić information content (AvgIpc) is 3.51. The number of fused-ring (bicyclic) bond motifs is 5. The van der Waals surface area contributed by atoms with Gasteiger partial charge < -0.3 is 9.80 Å². The first-order chi connectivity index (χ1) is 28.1. The second-order valence-electron chi connectivity index (χ2n) is 15.3. The van der Waals surface area contributed by atoms with Gasteiger partial charge in [-0.2, -0.15) is 0 Å². The maximum Gasteiger partial charge on any atom is 0.0540 e. The van der Waals surface area contributed by atoms with Crippen LogP contribution in [0.2, 0.25) is 0 Å². The number of benzene rings is 9. The summed E-state index contributed by atoms with van der Waals surface area (Å²) in [5, 5.41) is 4.88. The van der Waals surface area contributed by atoms with Gasteiger partial charge >= 0.3 is 0 Å². The Balaban J connectivity index is 1.18. The SMILES string of the molecule is C=Cc1ccc(CC2(C)c3cc(N(c4ccccc4)c4cccc5ccccc45)ccc3-c3ccc(N(c4ccccc4)c4cccc5ccccc45)cc32)cc1. The molecule has 0 aliphatic heterocycles. The molecule has 272 valence electrons. The summed E-state index contributed by atoms with van der Waals surface area (Å²) in [7, 11) is 0. The van der Waals surface area contributed by atoms with E-state index in [0.717, 1.165) is 46.1 Å². The highest BCUT2D eigenvalue weighted by atomic mass is 15.1. The van der Waals surface area contributed by atoms with E-state index in [0.29, 0.717) is 0 Å². The molecule has 10 rings (SSSR count). The molecule has 0 bridgehead atoms. The van der Waals surface area contributed by atoms with Crippen molar-refractivity contribution < 1.29 is 0 Å². The van der Waals surface area contributed by atoms with Gasteiger partial charge in [0, 0.05) is 38.9 Å². The molecule has 0 aromatic heterocycles. The summed E-state index contributed by atoms with van der Waals surface area (Å²) in [6, 6.07) is 75.3. The molecule has 9 aromatic carbocycles. The first-order valence-corrected chi connectivity index (χ1v) is 19.8. The lowest BCUT2D eigenvalue weighted by molar-refractivity contribution is 0.583. The van der Waals surface area contributed by atoms with Gasteiger partial charge in [-0.3, -0.25) is 0 Å². The van der Waals surface area contributed by atoms with Gasteiger partial charge in [-0.1, -0.05) is 165 Å². The van der Waals surface area contributed by atoms with Crippen LogP contribution < -0.4 is 9.80 Å². The van der Waals surface area contributed by atoms with Crippen molar-refractivity contribution in [2.45, 2.75) is 18.8 Å². The molecule has 0 unspecified atom stereocenters. The molecule has 1 aliphatic rings. The number of anilines is 6. The van der Waals surface area contributed by atoms with Crippen LogP contribution in [0.4, 0.5) is 34.1 Å². The molecule has 9 aromatic rings. The Hall–Kier alpha value is -7.16. The van der Waals surface area contributed by atoms with E-state index < -0.39 is 0 Å². The van der Waals surface area contributed by atoms with E-state index in [-0.39, 0.29) is 5.41 Å². The zero-order chi connectivity index (χ0) is 38.3. The summed E-state index contributed by atoms with van der Waals surface area (Å²) in [5.74, 6) is 0. The minimum atomic E-state index is -0.339. The third kappa shape index (κ3) is 5.98. The number of hydrogen-bond donors (Lipinski definition) is 0. The van der Waals surface area contributed by atoms with Crippen LogP contribution in [0.15, 0.2) is 213 Å². The number of para-hydroxylation sites is 2. The van der Waals surface area contributed by atoms with Crippen LogP contribution >= 0.6 is 0 Å². The number of nitrogens with zero attached hydrogens (tertiary/aromatic N) is 2. The summed E-state index contributed by atoms with van der Waals surface area (Å²) >= 11 is 0. The van der Waals surface area contributed by atoms with Crippen LogP contribution in [0.3, 0.4) is 0 Å². The summed E-state index contributed by atoms with van der Waals surface area (Å²) in [6.07, 6.45) is 2.76. The molecule has 0 atom stereocenters. The third-order valence-electron chi connectivity index (χ3n) is 11.8. The van der Waals surface area contributed by atoms with Crippen molar-refractivity contribution in [1.82, 2.24) is 0 Å². The van der Waals surface area contributed by atoms with Crippen molar-refractivity contribution in [2.75, 3.05) is 9.80 Å². The molecule has 0 heterocycles.